The minimum atomic E-state index is -0.568. The summed E-state index contributed by atoms with van der Waals surface area (Å²) in [6.45, 7) is 10.4. The normalized spacial score (nSPS) is 14.5. The second kappa shape index (κ2) is 12.3. The molecule has 1 aromatic rings. The van der Waals surface area contributed by atoms with Gasteiger partial charge in [0.25, 0.3) is 0 Å². The number of aryl methyl sites for hydroxylation is 1. The van der Waals surface area contributed by atoms with E-state index < -0.39 is 11.7 Å². The van der Waals surface area contributed by atoms with Gasteiger partial charge in [-0.25, -0.2) is 4.79 Å². The third-order valence-corrected chi connectivity index (χ3v) is 5.09. The Morgan fingerprint density at radius 1 is 0.969 bits per heavy atom. The van der Waals surface area contributed by atoms with Crippen molar-refractivity contribution in [1.82, 2.24) is 15.1 Å². The molecule has 32 heavy (non-hydrogen) atoms. The highest BCUT2D eigenvalue weighted by atomic mass is 16.6. The molecule has 0 spiro atoms. The van der Waals surface area contributed by atoms with Gasteiger partial charge in [-0.3, -0.25) is 9.59 Å². The minimum Gasteiger partial charge on any atom is -0.493 e. The van der Waals surface area contributed by atoms with Gasteiger partial charge in [0.1, 0.15) is 11.4 Å². The second-order valence-corrected chi connectivity index (χ2v) is 9.01. The Morgan fingerprint density at radius 3 is 2.22 bits per heavy atom. The second-order valence-electron chi connectivity index (χ2n) is 9.01. The lowest BCUT2D eigenvalue weighted by Gasteiger charge is -2.23. The Hall–Kier alpha value is -2.77. The molecule has 0 radical (unpaired) electrons. The molecular weight excluding hydrogens is 410 g/mol. The molecule has 1 saturated heterocycles. The Kier molecular flexibility index (Phi) is 9.81. The fourth-order valence-electron chi connectivity index (χ4n) is 3.44. The number of nitrogens with one attached hydrogen (secondary N) is 1. The van der Waals surface area contributed by atoms with Crippen molar-refractivity contribution in [3.63, 3.8) is 0 Å². The zero-order valence-electron chi connectivity index (χ0n) is 19.8. The van der Waals surface area contributed by atoms with Gasteiger partial charge in [0.2, 0.25) is 11.8 Å². The molecule has 1 aliphatic rings. The van der Waals surface area contributed by atoms with Crippen LogP contribution in [0.15, 0.2) is 24.3 Å². The van der Waals surface area contributed by atoms with Gasteiger partial charge in [-0.15, -0.1) is 0 Å². The summed E-state index contributed by atoms with van der Waals surface area (Å²) in [6, 6.07) is 7.83. The van der Waals surface area contributed by atoms with Crippen molar-refractivity contribution < 1.29 is 23.9 Å². The zero-order chi connectivity index (χ0) is 23.6. The van der Waals surface area contributed by atoms with Gasteiger partial charge in [-0.05, 0) is 52.2 Å². The summed E-state index contributed by atoms with van der Waals surface area (Å²) < 4.78 is 10.9. The maximum Gasteiger partial charge on any atom is 0.407 e. The number of carbonyl (C=O) groups is 3. The number of rotatable bonds is 8. The summed E-state index contributed by atoms with van der Waals surface area (Å²) in [5.74, 6) is 0.922. The molecule has 2 rings (SSSR count). The number of alkyl carbamates (subject to hydrolysis) is 1. The van der Waals surface area contributed by atoms with Gasteiger partial charge in [-0.1, -0.05) is 18.2 Å². The van der Waals surface area contributed by atoms with Crippen molar-refractivity contribution in [3.05, 3.63) is 29.8 Å². The predicted molar refractivity (Wildman–Crippen MR) is 123 cm³/mol. The number of carbonyl (C=O) groups excluding carboxylic acids is 3. The quantitative estimate of drug-likeness (QED) is 0.619. The average Bonchev–Trinajstić information content (AvgIpc) is 2.97. The van der Waals surface area contributed by atoms with E-state index >= 15 is 0 Å². The van der Waals surface area contributed by atoms with E-state index in [9.17, 15) is 14.4 Å². The van der Waals surface area contributed by atoms with Crippen LogP contribution in [0.25, 0.3) is 0 Å². The predicted octanol–water partition coefficient (Wildman–Crippen LogP) is 3.13. The molecule has 0 unspecified atom stereocenters. The summed E-state index contributed by atoms with van der Waals surface area (Å²) >= 11 is 0. The van der Waals surface area contributed by atoms with Crippen LogP contribution in [-0.4, -0.2) is 72.6 Å². The third-order valence-electron chi connectivity index (χ3n) is 5.09. The van der Waals surface area contributed by atoms with E-state index in [2.05, 4.69) is 5.32 Å². The molecule has 8 heteroatoms. The molecule has 0 aliphatic carbocycles. The summed E-state index contributed by atoms with van der Waals surface area (Å²) in [4.78, 5) is 40.3. The van der Waals surface area contributed by atoms with Crippen LogP contribution in [0.2, 0.25) is 0 Å². The number of nitrogens with zero attached hydrogens (tertiary/aromatic N) is 2. The Balaban J connectivity index is 1.66. The van der Waals surface area contributed by atoms with Crippen molar-refractivity contribution >= 4 is 17.9 Å². The van der Waals surface area contributed by atoms with Crippen LogP contribution in [0.3, 0.4) is 0 Å². The lowest BCUT2D eigenvalue weighted by atomic mass is 10.2. The van der Waals surface area contributed by atoms with Gasteiger partial charge < -0.3 is 24.6 Å². The van der Waals surface area contributed by atoms with Crippen molar-refractivity contribution in [2.24, 2.45) is 0 Å². The number of hydrogen-bond acceptors (Lipinski definition) is 5. The lowest BCUT2D eigenvalue weighted by molar-refractivity contribution is -0.133. The van der Waals surface area contributed by atoms with Crippen molar-refractivity contribution in [1.29, 1.82) is 0 Å². The maximum absolute atomic E-state index is 12.6. The van der Waals surface area contributed by atoms with Crippen LogP contribution in [0.5, 0.6) is 5.75 Å². The van der Waals surface area contributed by atoms with Crippen molar-refractivity contribution in [2.75, 3.05) is 39.3 Å². The van der Waals surface area contributed by atoms with Gasteiger partial charge >= 0.3 is 6.09 Å². The first-order valence-corrected chi connectivity index (χ1v) is 11.4. The van der Waals surface area contributed by atoms with E-state index in [0.29, 0.717) is 45.6 Å². The summed E-state index contributed by atoms with van der Waals surface area (Å²) in [7, 11) is 0. The van der Waals surface area contributed by atoms with Gasteiger partial charge in [0, 0.05) is 45.6 Å². The van der Waals surface area contributed by atoms with Crippen LogP contribution >= 0.6 is 0 Å². The number of amides is 3. The lowest BCUT2D eigenvalue weighted by Crippen LogP contribution is -2.39. The topological polar surface area (TPSA) is 88.2 Å². The molecule has 1 N–H and O–H groups in total. The van der Waals surface area contributed by atoms with Crippen LogP contribution in [-0.2, 0) is 14.3 Å². The Bertz CT molecular complexity index is 775. The first kappa shape index (κ1) is 25.5. The van der Waals surface area contributed by atoms with Crippen LogP contribution in [0.1, 0.15) is 52.0 Å². The minimum absolute atomic E-state index is 0.0259. The molecule has 1 fully saturated rings. The summed E-state index contributed by atoms with van der Waals surface area (Å²) in [5, 5.41) is 2.61. The maximum atomic E-state index is 12.6. The molecule has 0 atom stereocenters. The highest BCUT2D eigenvalue weighted by Gasteiger charge is 2.22. The van der Waals surface area contributed by atoms with Gasteiger partial charge in [0.15, 0.2) is 0 Å². The molecule has 0 saturated carbocycles. The monoisotopic (exact) mass is 447 g/mol. The zero-order valence-corrected chi connectivity index (χ0v) is 19.8. The van der Waals surface area contributed by atoms with Gasteiger partial charge in [-0.2, -0.15) is 0 Å². The van der Waals surface area contributed by atoms with E-state index in [1.54, 1.807) is 25.7 Å². The highest BCUT2D eigenvalue weighted by Crippen LogP contribution is 2.16. The SMILES string of the molecule is Cc1ccccc1OCCCC(=O)N1CCCN(C(=O)CCNC(=O)OC(C)(C)C)CC1. The molecule has 1 heterocycles. The van der Waals surface area contributed by atoms with E-state index in [4.69, 9.17) is 9.47 Å². The van der Waals surface area contributed by atoms with Gasteiger partial charge in [0.05, 0.1) is 6.61 Å². The molecule has 8 nitrogen and oxygen atoms in total. The van der Waals surface area contributed by atoms with E-state index in [-0.39, 0.29) is 24.8 Å². The first-order chi connectivity index (χ1) is 15.2. The third kappa shape index (κ3) is 9.16. The standard InChI is InChI=1S/C24H37N3O5/c1-19-9-5-6-10-20(19)31-18-7-11-21(28)26-14-8-15-27(17-16-26)22(29)12-13-25-23(30)32-24(2,3)4/h5-6,9-10H,7-8,11-18H2,1-4H3,(H,25,30). The first-order valence-electron chi connectivity index (χ1n) is 11.4. The number of para-hydroxylation sites is 1. The van der Waals surface area contributed by atoms with Crippen LogP contribution in [0, 0.1) is 6.92 Å². The molecule has 0 bridgehead atoms. The van der Waals surface area contributed by atoms with Crippen molar-refractivity contribution in [3.8, 4) is 5.75 Å². The van der Waals surface area contributed by atoms with Crippen molar-refractivity contribution in [2.45, 2.75) is 59.0 Å². The fourth-order valence-corrected chi connectivity index (χ4v) is 3.44. The number of ether oxygens (including phenoxy) is 2. The van der Waals surface area contributed by atoms with Crippen LogP contribution < -0.4 is 10.1 Å². The molecule has 178 valence electrons. The molecular formula is C24H37N3O5. The Morgan fingerprint density at radius 2 is 1.59 bits per heavy atom. The Labute approximate surface area is 191 Å². The molecule has 3 amide bonds. The summed E-state index contributed by atoms with van der Waals surface area (Å²) in [5.41, 5.74) is 0.513. The van der Waals surface area contributed by atoms with E-state index in [0.717, 1.165) is 17.7 Å². The molecule has 0 aromatic heterocycles. The highest BCUT2D eigenvalue weighted by molar-refractivity contribution is 5.78. The summed E-state index contributed by atoms with van der Waals surface area (Å²) in [6.07, 6.45) is 1.52. The largest absolute Gasteiger partial charge is 0.493 e. The van der Waals surface area contributed by atoms with E-state index in [1.165, 1.54) is 0 Å². The fraction of sp³-hybridized carbons (Fsp3) is 0.625. The van der Waals surface area contributed by atoms with E-state index in [1.807, 2.05) is 36.1 Å². The molecule has 1 aliphatic heterocycles. The smallest absolute Gasteiger partial charge is 0.407 e. The number of hydrogen-bond donors (Lipinski definition) is 1. The number of benzene rings is 1. The molecule has 1 aromatic carbocycles. The average molecular weight is 448 g/mol. The van der Waals surface area contributed by atoms with Crippen LogP contribution in [0.4, 0.5) is 4.79 Å².